The second kappa shape index (κ2) is 7.53. The van der Waals surface area contributed by atoms with Crippen molar-refractivity contribution in [1.82, 2.24) is 10.6 Å². The van der Waals surface area contributed by atoms with Crippen molar-refractivity contribution in [1.29, 1.82) is 0 Å². The van der Waals surface area contributed by atoms with Crippen LogP contribution >= 0.6 is 0 Å². The molecule has 7 nitrogen and oxygen atoms in total. The Morgan fingerprint density at radius 3 is 2.50 bits per heavy atom. The molecule has 0 bridgehead atoms. The highest BCUT2D eigenvalue weighted by Crippen LogP contribution is 2.35. The van der Waals surface area contributed by atoms with Crippen molar-refractivity contribution in [3.8, 4) is 11.5 Å². The third kappa shape index (κ3) is 3.60. The van der Waals surface area contributed by atoms with Gasteiger partial charge in [0.05, 0.1) is 38.5 Å². The molecular formula is C15H21N3O4. The van der Waals surface area contributed by atoms with E-state index in [9.17, 15) is 4.79 Å². The fraction of sp³-hybridized carbons (Fsp3) is 0.467. The van der Waals surface area contributed by atoms with Crippen LogP contribution in [-0.4, -0.2) is 38.9 Å². The van der Waals surface area contributed by atoms with Crippen molar-refractivity contribution in [2.75, 3.05) is 26.9 Å². The van der Waals surface area contributed by atoms with Crippen LogP contribution in [-0.2, 0) is 4.74 Å². The molecule has 2 N–H and O–H groups in total. The van der Waals surface area contributed by atoms with Gasteiger partial charge in [-0.05, 0) is 26.0 Å². The van der Waals surface area contributed by atoms with E-state index in [1.807, 2.05) is 32.0 Å². The van der Waals surface area contributed by atoms with Gasteiger partial charge in [0.1, 0.15) is 11.5 Å². The number of nitrogens with one attached hydrogen (secondary N) is 2. The minimum absolute atomic E-state index is 0.128. The molecule has 1 aromatic carbocycles. The number of amides is 1. The highest BCUT2D eigenvalue weighted by Gasteiger charge is 2.27. The number of benzene rings is 1. The Hall–Kier alpha value is -2.44. The summed E-state index contributed by atoms with van der Waals surface area (Å²) in [5, 5.41) is 5.68. The van der Waals surface area contributed by atoms with Crippen LogP contribution in [0.25, 0.3) is 0 Å². The summed E-state index contributed by atoms with van der Waals surface area (Å²) in [5.74, 6) is 1.88. The summed E-state index contributed by atoms with van der Waals surface area (Å²) in [6.45, 7) is 5.45. The van der Waals surface area contributed by atoms with E-state index in [2.05, 4.69) is 20.4 Å². The maximum Gasteiger partial charge on any atom is 0.413 e. The fourth-order valence-electron chi connectivity index (χ4n) is 2.26. The van der Waals surface area contributed by atoms with Gasteiger partial charge in [0, 0.05) is 0 Å². The monoisotopic (exact) mass is 307 g/mol. The molecular weight excluding hydrogens is 286 g/mol. The lowest BCUT2D eigenvalue weighted by molar-refractivity contribution is 0.176. The van der Waals surface area contributed by atoms with E-state index in [0.29, 0.717) is 25.7 Å². The lowest BCUT2D eigenvalue weighted by Gasteiger charge is -2.20. The lowest BCUT2D eigenvalue weighted by atomic mass is 10.0. The molecule has 1 heterocycles. The van der Waals surface area contributed by atoms with E-state index in [0.717, 1.165) is 17.1 Å². The number of hydrogen-bond acceptors (Lipinski definition) is 6. The molecule has 22 heavy (non-hydrogen) atoms. The van der Waals surface area contributed by atoms with Gasteiger partial charge in [-0.2, -0.15) is 0 Å². The van der Waals surface area contributed by atoms with Gasteiger partial charge in [-0.25, -0.2) is 4.79 Å². The standard InChI is InChI=1S/C15H21N3O4/c1-4-21-11-7-6-8-12(22-5-2)13(11)10-9-16-14(17-10)18-15(19)20-3/h6-8,10H,4-5,9H2,1-3H3,(H2,16,17,18,19). The van der Waals surface area contributed by atoms with Gasteiger partial charge in [-0.1, -0.05) is 6.07 Å². The zero-order chi connectivity index (χ0) is 15.9. The average molecular weight is 307 g/mol. The molecule has 120 valence electrons. The van der Waals surface area contributed by atoms with Crippen LogP contribution in [0.2, 0.25) is 0 Å². The quantitative estimate of drug-likeness (QED) is 0.867. The Balaban J connectivity index is 2.19. The Labute approximate surface area is 129 Å². The summed E-state index contributed by atoms with van der Waals surface area (Å²) in [7, 11) is 1.31. The van der Waals surface area contributed by atoms with Crippen molar-refractivity contribution < 1.29 is 19.0 Å². The molecule has 0 fully saturated rings. The van der Waals surface area contributed by atoms with E-state index in [4.69, 9.17) is 9.47 Å². The smallest absolute Gasteiger partial charge is 0.413 e. The first-order valence-corrected chi connectivity index (χ1v) is 7.24. The maximum absolute atomic E-state index is 11.2. The first-order valence-electron chi connectivity index (χ1n) is 7.24. The Kier molecular flexibility index (Phi) is 5.46. The summed E-state index contributed by atoms with van der Waals surface area (Å²) in [5.41, 5.74) is 0.900. The number of methoxy groups -OCH3 is 1. The van der Waals surface area contributed by atoms with Gasteiger partial charge in [0.15, 0.2) is 0 Å². The summed E-state index contributed by atoms with van der Waals surface area (Å²) in [4.78, 5) is 15.5. The van der Waals surface area contributed by atoms with Crippen LogP contribution in [0.1, 0.15) is 25.5 Å². The van der Waals surface area contributed by atoms with Crippen molar-refractivity contribution in [2.45, 2.75) is 19.9 Å². The Morgan fingerprint density at radius 1 is 1.32 bits per heavy atom. The van der Waals surface area contributed by atoms with Gasteiger partial charge < -0.3 is 19.5 Å². The van der Waals surface area contributed by atoms with Gasteiger partial charge in [-0.3, -0.25) is 10.3 Å². The van der Waals surface area contributed by atoms with E-state index in [-0.39, 0.29) is 6.04 Å². The number of ether oxygens (including phenoxy) is 3. The summed E-state index contributed by atoms with van der Waals surface area (Å²) in [6.07, 6.45) is -0.560. The van der Waals surface area contributed by atoms with Crippen LogP contribution in [0.4, 0.5) is 4.79 Å². The molecule has 1 aliphatic heterocycles. The summed E-state index contributed by atoms with van der Waals surface area (Å²) >= 11 is 0. The summed E-state index contributed by atoms with van der Waals surface area (Å²) in [6, 6.07) is 5.56. The first kappa shape index (κ1) is 15.9. The first-order chi connectivity index (χ1) is 10.7. The van der Waals surface area contributed by atoms with Gasteiger partial charge in [0.25, 0.3) is 0 Å². The molecule has 2 rings (SSSR count). The molecule has 0 saturated heterocycles. The third-order valence-electron chi connectivity index (χ3n) is 3.12. The van der Waals surface area contributed by atoms with Crippen LogP contribution < -0.4 is 20.1 Å². The second-order valence-electron chi connectivity index (χ2n) is 4.54. The number of carbonyl (C=O) groups is 1. The second-order valence-corrected chi connectivity index (χ2v) is 4.54. The number of hydrogen-bond donors (Lipinski definition) is 2. The zero-order valence-corrected chi connectivity index (χ0v) is 13.0. The molecule has 1 aromatic rings. The topological polar surface area (TPSA) is 81.2 Å². The SMILES string of the molecule is CCOc1cccc(OCC)c1C1CN=C(NC(=O)OC)N1. The molecule has 1 atom stereocenters. The molecule has 1 unspecified atom stereocenters. The normalized spacial score (nSPS) is 16.5. The number of carbonyl (C=O) groups excluding carboxylic acids is 1. The van der Waals surface area contributed by atoms with E-state index < -0.39 is 6.09 Å². The third-order valence-corrected chi connectivity index (χ3v) is 3.12. The number of nitrogens with zero attached hydrogens (tertiary/aromatic N) is 1. The molecule has 1 amide bonds. The number of guanidine groups is 1. The van der Waals surface area contributed by atoms with Crippen LogP contribution in [0.15, 0.2) is 23.2 Å². The van der Waals surface area contributed by atoms with Crippen LogP contribution in [0.3, 0.4) is 0 Å². The zero-order valence-electron chi connectivity index (χ0n) is 13.0. The predicted octanol–water partition coefficient (Wildman–Crippen LogP) is 1.84. The number of alkyl carbamates (subject to hydrolysis) is 1. The highest BCUT2D eigenvalue weighted by atomic mass is 16.5. The Bertz CT molecular complexity index is 535. The van der Waals surface area contributed by atoms with Crippen molar-refractivity contribution in [3.05, 3.63) is 23.8 Å². The van der Waals surface area contributed by atoms with Crippen LogP contribution in [0, 0.1) is 0 Å². The van der Waals surface area contributed by atoms with Crippen molar-refractivity contribution in [3.63, 3.8) is 0 Å². The average Bonchev–Trinajstić information content (AvgIpc) is 2.96. The number of rotatable bonds is 5. The van der Waals surface area contributed by atoms with Crippen molar-refractivity contribution in [2.24, 2.45) is 4.99 Å². The van der Waals surface area contributed by atoms with Crippen molar-refractivity contribution >= 4 is 12.1 Å². The molecule has 1 aliphatic rings. The van der Waals surface area contributed by atoms with Gasteiger partial charge >= 0.3 is 6.09 Å². The highest BCUT2D eigenvalue weighted by molar-refractivity contribution is 5.95. The maximum atomic E-state index is 11.2. The lowest BCUT2D eigenvalue weighted by Crippen LogP contribution is -2.39. The fourth-order valence-corrected chi connectivity index (χ4v) is 2.26. The largest absolute Gasteiger partial charge is 0.493 e. The molecule has 0 saturated carbocycles. The number of aliphatic imine (C=N–C) groups is 1. The molecule has 0 aliphatic carbocycles. The molecule has 0 aromatic heterocycles. The minimum atomic E-state index is -0.560. The van der Waals surface area contributed by atoms with Gasteiger partial charge in [0.2, 0.25) is 5.96 Å². The van der Waals surface area contributed by atoms with Crippen LogP contribution in [0.5, 0.6) is 11.5 Å². The summed E-state index contributed by atoms with van der Waals surface area (Å²) < 4.78 is 15.9. The van der Waals surface area contributed by atoms with Gasteiger partial charge in [-0.15, -0.1) is 0 Å². The molecule has 0 spiro atoms. The predicted molar refractivity (Wildman–Crippen MR) is 82.5 cm³/mol. The van der Waals surface area contributed by atoms with E-state index in [1.54, 1.807) is 0 Å². The molecule has 7 heteroatoms. The minimum Gasteiger partial charge on any atom is -0.493 e. The van der Waals surface area contributed by atoms with E-state index in [1.165, 1.54) is 7.11 Å². The van der Waals surface area contributed by atoms with E-state index >= 15 is 0 Å². The molecule has 0 radical (unpaired) electrons. The Morgan fingerprint density at radius 2 is 1.95 bits per heavy atom.